The van der Waals surface area contributed by atoms with Gasteiger partial charge in [0.2, 0.25) is 0 Å². The predicted molar refractivity (Wildman–Crippen MR) is 162 cm³/mol. The highest BCUT2D eigenvalue weighted by atomic mass is 35.5. The number of ether oxygens (including phenoxy) is 2. The summed E-state index contributed by atoms with van der Waals surface area (Å²) in [6.45, 7) is 3.96. The average molecular weight is 590 g/mol. The summed E-state index contributed by atoms with van der Waals surface area (Å²) in [6, 6.07) is 14.0. The molecule has 9 heteroatoms. The van der Waals surface area contributed by atoms with Gasteiger partial charge in [0.15, 0.2) is 0 Å². The summed E-state index contributed by atoms with van der Waals surface area (Å²) in [5.74, 6) is -0.580. The number of hydrogen-bond donors (Lipinski definition) is 1. The van der Waals surface area contributed by atoms with Gasteiger partial charge in [0.05, 0.1) is 35.1 Å². The molecule has 2 aromatic heterocycles. The van der Waals surface area contributed by atoms with Crippen LogP contribution in [0.1, 0.15) is 53.6 Å². The number of carboxylic acids is 1. The molecule has 6 rings (SSSR count). The summed E-state index contributed by atoms with van der Waals surface area (Å²) >= 11 is 6.95. The van der Waals surface area contributed by atoms with Crippen LogP contribution in [0.2, 0.25) is 5.02 Å². The molecule has 1 aliphatic heterocycles. The quantitative estimate of drug-likeness (QED) is 0.198. The minimum atomic E-state index is -0.964. The second kappa shape index (κ2) is 11.8. The van der Waals surface area contributed by atoms with Crippen LogP contribution in [0.5, 0.6) is 5.75 Å². The van der Waals surface area contributed by atoms with Crippen molar-refractivity contribution in [2.75, 3.05) is 13.2 Å². The Balaban J connectivity index is 1.42. The summed E-state index contributed by atoms with van der Waals surface area (Å²) in [4.78, 5) is 12.9. The molecular weight excluding hydrogens is 557 g/mol. The number of rotatable bonds is 7. The van der Waals surface area contributed by atoms with Crippen molar-refractivity contribution >= 4 is 39.2 Å². The lowest BCUT2D eigenvalue weighted by atomic mass is 9.97. The van der Waals surface area contributed by atoms with Crippen molar-refractivity contribution in [1.82, 2.24) is 14.3 Å². The van der Waals surface area contributed by atoms with Crippen LogP contribution in [0.3, 0.4) is 0 Å². The third kappa shape index (κ3) is 5.03. The molecule has 7 nitrogen and oxygen atoms in total. The maximum absolute atomic E-state index is 13.7. The molecule has 0 saturated carbocycles. The fraction of sp³-hybridized carbons (Fsp3) is 0.333. The van der Waals surface area contributed by atoms with Crippen molar-refractivity contribution in [2.24, 2.45) is 7.05 Å². The van der Waals surface area contributed by atoms with Gasteiger partial charge in [-0.1, -0.05) is 36.7 Å². The molecule has 0 spiro atoms. The van der Waals surface area contributed by atoms with Crippen LogP contribution in [0.25, 0.3) is 32.8 Å². The number of aryl methyl sites for hydroxylation is 4. The zero-order valence-electron chi connectivity index (χ0n) is 23.8. The van der Waals surface area contributed by atoms with E-state index < -0.39 is 5.97 Å². The summed E-state index contributed by atoms with van der Waals surface area (Å²) in [6.07, 6.45) is 3.39. The van der Waals surface area contributed by atoms with E-state index in [0.29, 0.717) is 56.4 Å². The van der Waals surface area contributed by atoms with E-state index >= 15 is 0 Å². The van der Waals surface area contributed by atoms with E-state index in [1.165, 1.54) is 12.1 Å². The molecule has 0 aliphatic carbocycles. The molecule has 0 amide bonds. The maximum atomic E-state index is 13.7. The zero-order valence-corrected chi connectivity index (χ0v) is 24.5. The van der Waals surface area contributed by atoms with Crippen molar-refractivity contribution in [3.8, 4) is 16.9 Å². The molecular formula is C33H33ClFN3O4. The number of halogens is 2. The van der Waals surface area contributed by atoms with Crippen LogP contribution in [-0.4, -0.2) is 38.6 Å². The lowest BCUT2D eigenvalue weighted by molar-refractivity contribution is 0.0683. The van der Waals surface area contributed by atoms with E-state index in [9.17, 15) is 14.3 Å². The monoisotopic (exact) mass is 589 g/mol. The Morgan fingerprint density at radius 1 is 1.14 bits per heavy atom. The molecule has 0 fully saturated rings. The van der Waals surface area contributed by atoms with E-state index in [-0.39, 0.29) is 11.5 Å². The molecule has 3 heterocycles. The van der Waals surface area contributed by atoms with Crippen molar-refractivity contribution in [2.45, 2.75) is 52.2 Å². The first kappa shape index (κ1) is 28.2. The molecule has 42 heavy (non-hydrogen) atoms. The maximum Gasteiger partial charge on any atom is 0.352 e. The Morgan fingerprint density at radius 2 is 1.98 bits per heavy atom. The molecule has 1 N–H and O–H groups in total. The number of benzene rings is 3. The van der Waals surface area contributed by atoms with E-state index in [2.05, 4.69) is 6.92 Å². The van der Waals surface area contributed by atoms with Gasteiger partial charge in [0.25, 0.3) is 0 Å². The van der Waals surface area contributed by atoms with E-state index in [1.807, 2.05) is 46.6 Å². The Hall–Kier alpha value is -3.88. The predicted octanol–water partition coefficient (Wildman–Crippen LogP) is 7.57. The van der Waals surface area contributed by atoms with Gasteiger partial charge in [-0.2, -0.15) is 5.10 Å². The third-order valence-electron chi connectivity index (χ3n) is 8.09. The Kier molecular flexibility index (Phi) is 7.92. The topological polar surface area (TPSA) is 78.5 Å². The normalized spacial score (nSPS) is 13.7. The number of nitrogens with zero attached hydrogens (tertiary/aromatic N) is 3. The number of aromatic carboxylic acids is 1. The molecule has 0 unspecified atom stereocenters. The van der Waals surface area contributed by atoms with Gasteiger partial charge in [0, 0.05) is 42.1 Å². The lowest BCUT2D eigenvalue weighted by Crippen LogP contribution is -2.12. The van der Waals surface area contributed by atoms with Gasteiger partial charge >= 0.3 is 5.97 Å². The highest BCUT2D eigenvalue weighted by molar-refractivity contribution is 6.35. The minimum Gasteiger partial charge on any atom is -0.493 e. The fourth-order valence-corrected chi connectivity index (χ4v) is 6.44. The summed E-state index contributed by atoms with van der Waals surface area (Å²) in [5, 5.41) is 18.3. The SMILES string of the molecule is CCc1nn(C)c2c1-c1c(Cl)ccc3c(CCCOc4cccc5cc(F)ccc45)c(C(=O)O)n(c13)CCCCOC2. The minimum absolute atomic E-state index is 0.290. The second-order valence-electron chi connectivity index (χ2n) is 10.7. The van der Waals surface area contributed by atoms with Gasteiger partial charge in [0.1, 0.15) is 17.3 Å². The Bertz CT molecular complexity index is 1810. The second-order valence-corrected chi connectivity index (χ2v) is 11.1. The first-order valence-corrected chi connectivity index (χ1v) is 14.8. The van der Waals surface area contributed by atoms with Crippen LogP contribution in [0.4, 0.5) is 4.39 Å². The Morgan fingerprint density at radius 3 is 2.79 bits per heavy atom. The van der Waals surface area contributed by atoms with Gasteiger partial charge in [-0.05, 0) is 73.4 Å². The molecule has 3 aromatic carbocycles. The molecule has 1 aliphatic rings. The number of carbonyl (C=O) groups is 1. The first-order valence-electron chi connectivity index (χ1n) is 14.4. The van der Waals surface area contributed by atoms with Crippen LogP contribution in [0.15, 0.2) is 48.5 Å². The summed E-state index contributed by atoms with van der Waals surface area (Å²) < 4.78 is 29.6. The van der Waals surface area contributed by atoms with E-state index in [4.69, 9.17) is 26.2 Å². The van der Waals surface area contributed by atoms with Gasteiger partial charge in [-0.25, -0.2) is 9.18 Å². The van der Waals surface area contributed by atoms with Crippen LogP contribution in [-0.2, 0) is 37.8 Å². The smallest absolute Gasteiger partial charge is 0.352 e. The van der Waals surface area contributed by atoms with E-state index in [1.54, 1.807) is 6.07 Å². The summed E-state index contributed by atoms with van der Waals surface area (Å²) in [7, 11) is 1.91. The molecule has 0 saturated heterocycles. The molecule has 218 valence electrons. The van der Waals surface area contributed by atoms with Gasteiger partial charge in [-0.15, -0.1) is 0 Å². The van der Waals surface area contributed by atoms with Crippen LogP contribution in [0, 0.1) is 5.82 Å². The zero-order chi connectivity index (χ0) is 29.4. The standard InChI is InChI=1S/C33H33ClFN3O4/c1-3-26-30-27(37(2)36-26)19-41-16-5-4-15-38-31-24(13-14-25(34)29(30)31)23(32(38)33(39)40)9-7-17-42-28-10-6-8-20-18-21(35)11-12-22(20)28/h6,8,10-14,18H,3-5,7,9,15-17,19H2,1-2H3,(H,39,40). The van der Waals surface area contributed by atoms with E-state index in [0.717, 1.165) is 62.6 Å². The van der Waals surface area contributed by atoms with Gasteiger partial charge < -0.3 is 19.1 Å². The fourth-order valence-electron chi connectivity index (χ4n) is 6.20. The summed E-state index contributed by atoms with van der Waals surface area (Å²) in [5.41, 5.74) is 5.46. The van der Waals surface area contributed by atoms with Crippen LogP contribution >= 0.6 is 11.6 Å². The van der Waals surface area contributed by atoms with Crippen molar-refractivity contribution in [3.63, 3.8) is 0 Å². The Labute approximate surface area is 248 Å². The van der Waals surface area contributed by atoms with Crippen molar-refractivity contribution in [1.29, 1.82) is 0 Å². The third-order valence-corrected chi connectivity index (χ3v) is 8.41. The molecule has 0 atom stereocenters. The largest absolute Gasteiger partial charge is 0.493 e. The number of carboxylic acid groups (broad SMARTS) is 1. The number of hydrogen-bond acceptors (Lipinski definition) is 4. The first-order chi connectivity index (χ1) is 20.4. The highest BCUT2D eigenvalue weighted by Crippen LogP contribution is 2.43. The highest BCUT2D eigenvalue weighted by Gasteiger charge is 2.29. The van der Waals surface area contributed by atoms with Crippen LogP contribution < -0.4 is 4.74 Å². The van der Waals surface area contributed by atoms with Crippen molar-refractivity contribution < 1.29 is 23.8 Å². The molecule has 0 radical (unpaired) electrons. The lowest BCUT2D eigenvalue weighted by Gasteiger charge is -2.14. The van der Waals surface area contributed by atoms with Crippen molar-refractivity contribution in [3.05, 3.63) is 82.0 Å². The number of aromatic nitrogens is 3. The average Bonchev–Trinajstić information content (AvgIpc) is 3.45. The van der Waals surface area contributed by atoms with Gasteiger partial charge in [-0.3, -0.25) is 4.68 Å². The molecule has 0 bridgehead atoms. The number of fused-ring (bicyclic) bond motifs is 3. The molecule has 5 aromatic rings.